The summed E-state index contributed by atoms with van der Waals surface area (Å²) in [6.07, 6.45) is 0. The van der Waals surface area contributed by atoms with Crippen molar-refractivity contribution in [3.05, 3.63) is 152 Å². The van der Waals surface area contributed by atoms with Crippen LogP contribution in [-0.4, -0.2) is 14.5 Å². The quantitative estimate of drug-likeness (QED) is 0.192. The summed E-state index contributed by atoms with van der Waals surface area (Å²) in [6, 6.07) is 53.5. The van der Waals surface area contributed by atoms with Crippen LogP contribution in [0.25, 0.3) is 103 Å². The van der Waals surface area contributed by atoms with Crippen LogP contribution < -0.4 is 0 Å². The summed E-state index contributed by atoms with van der Waals surface area (Å²) < 4.78 is 11.2. The van der Waals surface area contributed by atoms with E-state index in [0.29, 0.717) is 5.82 Å². The van der Waals surface area contributed by atoms with Crippen LogP contribution in [0.2, 0.25) is 0 Å². The largest absolute Gasteiger partial charge is 0.456 e. The van der Waals surface area contributed by atoms with E-state index in [9.17, 15) is 0 Å². The molecule has 0 amide bonds. The van der Waals surface area contributed by atoms with Crippen molar-refractivity contribution in [3.8, 4) is 28.3 Å². The molecule has 4 aromatic heterocycles. The molecule has 0 saturated heterocycles. The smallest absolute Gasteiger partial charge is 0.161 e. The topological polar surface area (TPSA) is 43.9 Å². The molecule has 228 valence electrons. The van der Waals surface area contributed by atoms with Crippen LogP contribution in [-0.2, 0) is 0 Å². The molecule has 0 fully saturated rings. The number of hydrogen-bond donors (Lipinski definition) is 0. The van der Waals surface area contributed by atoms with E-state index in [1.807, 2.05) is 18.2 Å². The first kappa shape index (κ1) is 26.7. The SMILES string of the molecule is c1ccc(-c2nc(-c3cccc4oc5ccc(-n6c7ccccc7c7ccc8ccccc8c76)cc5c34)nc3c2sc2ccccc23)cc1. The van der Waals surface area contributed by atoms with Gasteiger partial charge >= 0.3 is 0 Å². The first-order chi connectivity index (χ1) is 24.3. The molecule has 0 radical (unpaired) electrons. The Morgan fingerprint density at radius 3 is 2.27 bits per heavy atom. The summed E-state index contributed by atoms with van der Waals surface area (Å²) in [5, 5.41) is 8.13. The fourth-order valence-electron chi connectivity index (χ4n) is 7.64. The number of aromatic nitrogens is 3. The second-order valence-electron chi connectivity index (χ2n) is 12.5. The molecule has 5 heteroatoms. The zero-order chi connectivity index (χ0) is 32.1. The van der Waals surface area contributed by atoms with E-state index in [4.69, 9.17) is 14.4 Å². The lowest BCUT2D eigenvalue weighted by atomic mass is 10.0. The van der Waals surface area contributed by atoms with Crippen LogP contribution >= 0.6 is 11.3 Å². The maximum atomic E-state index is 6.53. The molecule has 4 nitrogen and oxygen atoms in total. The van der Waals surface area contributed by atoms with Gasteiger partial charge in [0.2, 0.25) is 0 Å². The Morgan fingerprint density at radius 2 is 1.35 bits per heavy atom. The number of furan rings is 1. The number of thiophene rings is 1. The predicted octanol–water partition coefficient (Wildman–Crippen LogP) is 12.3. The van der Waals surface area contributed by atoms with E-state index < -0.39 is 0 Å². The van der Waals surface area contributed by atoms with Crippen LogP contribution in [0.15, 0.2) is 156 Å². The van der Waals surface area contributed by atoms with Crippen LogP contribution in [0, 0.1) is 0 Å². The summed E-state index contributed by atoms with van der Waals surface area (Å²) in [7, 11) is 0. The summed E-state index contributed by atoms with van der Waals surface area (Å²) >= 11 is 1.75. The Hall–Kier alpha value is -6.30. The fourth-order valence-corrected chi connectivity index (χ4v) is 8.80. The Morgan fingerprint density at radius 1 is 0.551 bits per heavy atom. The van der Waals surface area contributed by atoms with Crippen LogP contribution in [0.4, 0.5) is 0 Å². The predicted molar refractivity (Wildman–Crippen MR) is 205 cm³/mol. The number of benzene rings is 7. The van der Waals surface area contributed by atoms with E-state index in [1.54, 1.807) is 11.3 Å². The van der Waals surface area contributed by atoms with Gasteiger partial charge in [-0.05, 0) is 41.8 Å². The van der Waals surface area contributed by atoms with E-state index in [2.05, 4.69) is 138 Å². The van der Waals surface area contributed by atoms with E-state index in [-0.39, 0.29) is 0 Å². The average molecular weight is 644 g/mol. The van der Waals surface area contributed by atoms with Crippen molar-refractivity contribution in [2.24, 2.45) is 0 Å². The van der Waals surface area contributed by atoms with Gasteiger partial charge in [0.05, 0.1) is 26.9 Å². The molecule has 0 bridgehead atoms. The lowest BCUT2D eigenvalue weighted by molar-refractivity contribution is 0.669. The summed E-state index contributed by atoms with van der Waals surface area (Å²) in [5.41, 5.74) is 9.07. The Balaban J connectivity index is 1.22. The maximum absolute atomic E-state index is 6.53. The minimum absolute atomic E-state index is 0.691. The van der Waals surface area contributed by atoms with Gasteiger partial charge in [-0.3, -0.25) is 0 Å². The van der Waals surface area contributed by atoms with E-state index >= 15 is 0 Å². The second-order valence-corrected chi connectivity index (χ2v) is 13.6. The molecular weight excluding hydrogens is 619 g/mol. The highest BCUT2D eigenvalue weighted by Gasteiger charge is 2.21. The number of para-hydroxylation sites is 1. The maximum Gasteiger partial charge on any atom is 0.161 e. The third-order valence-electron chi connectivity index (χ3n) is 9.80. The molecule has 0 aliphatic carbocycles. The van der Waals surface area contributed by atoms with Crippen molar-refractivity contribution in [2.75, 3.05) is 0 Å². The molecule has 11 aromatic rings. The first-order valence-corrected chi connectivity index (χ1v) is 17.2. The summed E-state index contributed by atoms with van der Waals surface area (Å²) in [6.45, 7) is 0. The third-order valence-corrected chi connectivity index (χ3v) is 11.0. The molecule has 0 saturated carbocycles. The normalized spacial score (nSPS) is 12.1. The van der Waals surface area contributed by atoms with Crippen LogP contribution in [0.3, 0.4) is 0 Å². The molecule has 0 aliphatic rings. The molecule has 0 N–H and O–H groups in total. The van der Waals surface area contributed by atoms with Gasteiger partial charge in [0.25, 0.3) is 0 Å². The van der Waals surface area contributed by atoms with Crippen molar-refractivity contribution >= 4 is 86.2 Å². The zero-order valence-corrected chi connectivity index (χ0v) is 26.9. The lowest BCUT2D eigenvalue weighted by Gasteiger charge is -2.11. The van der Waals surface area contributed by atoms with Gasteiger partial charge in [0.1, 0.15) is 11.2 Å². The van der Waals surface area contributed by atoms with Crippen LogP contribution in [0.1, 0.15) is 0 Å². The highest BCUT2D eigenvalue weighted by Crippen LogP contribution is 2.43. The van der Waals surface area contributed by atoms with Gasteiger partial charge in [-0.15, -0.1) is 11.3 Å². The third kappa shape index (κ3) is 3.85. The van der Waals surface area contributed by atoms with Gasteiger partial charge in [-0.2, -0.15) is 0 Å². The molecule has 0 atom stereocenters. The average Bonchev–Trinajstić information content (AvgIpc) is 3.84. The molecule has 11 rings (SSSR count). The first-order valence-electron chi connectivity index (χ1n) is 16.4. The lowest BCUT2D eigenvalue weighted by Crippen LogP contribution is -1.95. The number of hydrogen-bond acceptors (Lipinski definition) is 4. The monoisotopic (exact) mass is 643 g/mol. The molecule has 0 unspecified atom stereocenters. The molecule has 0 spiro atoms. The Labute approximate surface area is 284 Å². The van der Waals surface area contributed by atoms with Gasteiger partial charge < -0.3 is 8.98 Å². The standard InChI is InChI=1S/C44H25N3OS/c1-2-12-27(13-3-1)40-43-41(32-16-7-9-20-38(32)49-43)46-44(45-40)33-17-10-19-37-39(33)34-25-28(22-24-36(34)48-37)47-35-18-8-6-15-30(35)31-23-21-26-11-4-5-14-29(26)42(31)47/h1-25H. The molecule has 49 heavy (non-hydrogen) atoms. The van der Waals surface area contributed by atoms with Crippen molar-refractivity contribution in [1.82, 2.24) is 14.5 Å². The summed E-state index contributed by atoms with van der Waals surface area (Å²) in [4.78, 5) is 10.6. The highest BCUT2D eigenvalue weighted by molar-refractivity contribution is 7.26. The van der Waals surface area contributed by atoms with Crippen molar-refractivity contribution in [2.45, 2.75) is 0 Å². The van der Waals surface area contributed by atoms with Gasteiger partial charge in [-0.1, -0.05) is 115 Å². The molecule has 4 heterocycles. The second kappa shape index (κ2) is 10.1. The van der Waals surface area contributed by atoms with Gasteiger partial charge in [0.15, 0.2) is 5.82 Å². The fraction of sp³-hybridized carbons (Fsp3) is 0. The Bertz CT molecular complexity index is 3110. The molecule has 0 aliphatic heterocycles. The Kier molecular flexibility index (Phi) is 5.51. The number of rotatable bonds is 3. The summed E-state index contributed by atoms with van der Waals surface area (Å²) in [5.74, 6) is 0.691. The molecule has 7 aromatic carbocycles. The van der Waals surface area contributed by atoms with Gasteiger partial charge in [0, 0.05) is 53.8 Å². The zero-order valence-electron chi connectivity index (χ0n) is 26.1. The van der Waals surface area contributed by atoms with E-state index in [0.717, 1.165) is 60.0 Å². The molecular formula is C44H25N3OS. The van der Waals surface area contributed by atoms with Crippen molar-refractivity contribution < 1.29 is 4.42 Å². The van der Waals surface area contributed by atoms with Crippen LogP contribution in [0.5, 0.6) is 0 Å². The number of fused-ring (bicyclic) bond motifs is 11. The highest BCUT2D eigenvalue weighted by atomic mass is 32.1. The van der Waals surface area contributed by atoms with Crippen molar-refractivity contribution in [3.63, 3.8) is 0 Å². The van der Waals surface area contributed by atoms with Crippen molar-refractivity contribution in [1.29, 1.82) is 0 Å². The van der Waals surface area contributed by atoms with E-state index in [1.165, 1.54) is 37.3 Å². The minimum Gasteiger partial charge on any atom is -0.456 e. The van der Waals surface area contributed by atoms with Gasteiger partial charge in [-0.25, -0.2) is 9.97 Å². The number of nitrogens with zero attached hydrogens (tertiary/aromatic N) is 3. The minimum atomic E-state index is 0.691.